The molecule has 5 aromatic rings. The molecule has 0 bridgehead atoms. The first-order chi connectivity index (χ1) is 18.9. The zero-order chi connectivity index (χ0) is 27.1. The monoisotopic (exact) mass is 547 g/mol. The highest BCUT2D eigenvalue weighted by Crippen LogP contribution is 2.46. The van der Waals surface area contributed by atoms with Gasteiger partial charge in [0, 0.05) is 5.56 Å². The molecule has 0 spiro atoms. The van der Waals surface area contributed by atoms with Gasteiger partial charge in [0.05, 0.1) is 41.7 Å². The lowest BCUT2D eigenvalue weighted by Crippen LogP contribution is -2.35. The normalized spacial score (nSPS) is 14.4. The standard InChI is InChI=1S/C27H22FN5O5S/c1-13-6-17(23-18(7-13)32-21(35-3)10-30-23)26-33-22-14(2)8-19-24(25(22)39-26)36-11-16(38-19)12-37-27(34)31-15-4-5-20(28)29-9-15/h4-10,16H,11-12H2,1-3H3,(H,31,34)/t16-/m1/s1. The van der Waals surface area contributed by atoms with E-state index >= 15 is 0 Å². The summed E-state index contributed by atoms with van der Waals surface area (Å²) in [6.45, 7) is 4.10. The molecule has 10 nitrogen and oxygen atoms in total. The molecule has 0 saturated heterocycles. The first-order valence-corrected chi connectivity index (χ1v) is 12.8. The van der Waals surface area contributed by atoms with E-state index in [2.05, 4.69) is 20.3 Å². The SMILES string of the molecule is COc1cnc2c(-c3nc4c(C)cc5c(c4s3)OC[C@H](COC(=O)Nc3ccc(F)nc3)O5)cc(C)cc2n1. The van der Waals surface area contributed by atoms with Crippen molar-refractivity contribution in [2.24, 2.45) is 0 Å². The van der Waals surface area contributed by atoms with E-state index in [-0.39, 0.29) is 13.2 Å². The van der Waals surface area contributed by atoms with Crippen molar-refractivity contribution < 1.29 is 28.1 Å². The van der Waals surface area contributed by atoms with Crippen molar-refractivity contribution in [3.8, 4) is 28.0 Å². The molecule has 1 N–H and O–H groups in total. The van der Waals surface area contributed by atoms with Gasteiger partial charge in [0.15, 0.2) is 17.6 Å². The molecular weight excluding hydrogens is 525 g/mol. The topological polar surface area (TPSA) is 118 Å². The Labute approximate surface area is 225 Å². The van der Waals surface area contributed by atoms with Crippen molar-refractivity contribution in [3.63, 3.8) is 0 Å². The Morgan fingerprint density at radius 1 is 1.15 bits per heavy atom. The maximum absolute atomic E-state index is 13.0. The summed E-state index contributed by atoms with van der Waals surface area (Å²) in [6, 6.07) is 8.41. The number of anilines is 1. The molecule has 1 atom stereocenters. The van der Waals surface area contributed by atoms with E-state index < -0.39 is 18.1 Å². The average Bonchev–Trinajstić information content (AvgIpc) is 3.38. The maximum Gasteiger partial charge on any atom is 0.411 e. The largest absolute Gasteiger partial charge is 0.484 e. The van der Waals surface area contributed by atoms with E-state index in [0.29, 0.717) is 23.1 Å². The third-order valence-corrected chi connectivity index (χ3v) is 7.16. The van der Waals surface area contributed by atoms with Crippen LogP contribution in [0.25, 0.3) is 31.8 Å². The Bertz CT molecular complexity index is 1730. The van der Waals surface area contributed by atoms with Crippen molar-refractivity contribution in [2.45, 2.75) is 20.0 Å². The van der Waals surface area contributed by atoms with Gasteiger partial charge < -0.3 is 18.9 Å². The number of pyridine rings is 1. The third kappa shape index (κ3) is 4.86. The quantitative estimate of drug-likeness (QED) is 0.286. The van der Waals surface area contributed by atoms with Gasteiger partial charge in [-0.05, 0) is 55.3 Å². The van der Waals surface area contributed by atoms with Crippen molar-refractivity contribution in [1.82, 2.24) is 19.9 Å². The van der Waals surface area contributed by atoms with Crippen LogP contribution >= 0.6 is 11.3 Å². The number of ether oxygens (including phenoxy) is 4. The van der Waals surface area contributed by atoms with E-state index in [9.17, 15) is 9.18 Å². The van der Waals surface area contributed by atoms with Gasteiger partial charge in [-0.1, -0.05) is 0 Å². The number of hydrogen-bond acceptors (Lipinski definition) is 10. The van der Waals surface area contributed by atoms with Crippen LogP contribution in [0.5, 0.6) is 17.4 Å². The van der Waals surface area contributed by atoms with Gasteiger partial charge >= 0.3 is 6.09 Å². The van der Waals surface area contributed by atoms with Crippen LogP contribution in [-0.4, -0.2) is 52.5 Å². The van der Waals surface area contributed by atoms with Crippen molar-refractivity contribution in [2.75, 3.05) is 25.6 Å². The summed E-state index contributed by atoms with van der Waals surface area (Å²) in [5.74, 6) is 0.959. The predicted octanol–water partition coefficient (Wildman–Crippen LogP) is 5.45. The molecule has 4 heterocycles. The number of hydrogen-bond donors (Lipinski definition) is 1. The molecule has 12 heteroatoms. The van der Waals surface area contributed by atoms with Gasteiger partial charge in [-0.3, -0.25) is 5.32 Å². The summed E-state index contributed by atoms with van der Waals surface area (Å²) in [7, 11) is 1.56. The molecule has 0 radical (unpaired) electrons. The van der Waals surface area contributed by atoms with Crippen molar-refractivity contribution in [1.29, 1.82) is 0 Å². The molecule has 39 heavy (non-hydrogen) atoms. The fourth-order valence-corrected chi connectivity index (χ4v) is 5.43. The smallest absolute Gasteiger partial charge is 0.411 e. The van der Waals surface area contributed by atoms with Gasteiger partial charge in [0.2, 0.25) is 11.8 Å². The lowest BCUT2D eigenvalue weighted by molar-refractivity contribution is 0.0383. The Morgan fingerprint density at radius 2 is 2.03 bits per heavy atom. The first-order valence-electron chi connectivity index (χ1n) is 12.0. The number of carbonyl (C=O) groups excluding carboxylic acids is 1. The summed E-state index contributed by atoms with van der Waals surface area (Å²) >= 11 is 1.49. The lowest BCUT2D eigenvalue weighted by Gasteiger charge is -2.26. The molecule has 1 aliphatic heterocycles. The summed E-state index contributed by atoms with van der Waals surface area (Å²) in [4.78, 5) is 29.7. The van der Waals surface area contributed by atoms with Crippen LogP contribution < -0.4 is 19.5 Å². The second kappa shape index (κ2) is 9.95. The van der Waals surface area contributed by atoms with E-state index in [1.165, 1.54) is 23.6 Å². The Balaban J connectivity index is 1.24. The Morgan fingerprint density at radius 3 is 2.82 bits per heavy atom. The number of aromatic nitrogens is 4. The highest BCUT2D eigenvalue weighted by molar-refractivity contribution is 7.22. The number of nitrogens with one attached hydrogen (secondary N) is 1. The summed E-state index contributed by atoms with van der Waals surface area (Å²) in [5, 5.41) is 3.28. The Hall–Kier alpha value is -4.58. The molecular formula is C27H22FN5O5S. The van der Waals surface area contributed by atoms with E-state index in [1.54, 1.807) is 13.3 Å². The molecule has 0 unspecified atom stereocenters. The second-order valence-electron chi connectivity index (χ2n) is 8.95. The number of amides is 1. The molecule has 0 aliphatic carbocycles. The molecule has 0 saturated carbocycles. The molecule has 3 aromatic heterocycles. The van der Waals surface area contributed by atoms with Gasteiger partial charge in [0.25, 0.3) is 0 Å². The fraction of sp³-hybridized carbons (Fsp3) is 0.222. The number of nitrogens with zero attached hydrogens (tertiary/aromatic N) is 4. The second-order valence-corrected chi connectivity index (χ2v) is 9.95. The van der Waals surface area contributed by atoms with Gasteiger partial charge in [-0.25, -0.2) is 24.7 Å². The van der Waals surface area contributed by atoms with Crippen LogP contribution in [0, 0.1) is 19.8 Å². The number of rotatable bonds is 5. The number of thiazole rings is 1. The van der Waals surface area contributed by atoms with Crippen LogP contribution in [0.2, 0.25) is 0 Å². The summed E-state index contributed by atoms with van der Waals surface area (Å²) in [5.41, 5.74) is 5.41. The van der Waals surface area contributed by atoms with Gasteiger partial charge in [-0.15, -0.1) is 11.3 Å². The van der Waals surface area contributed by atoms with Crippen LogP contribution in [0.1, 0.15) is 11.1 Å². The number of benzene rings is 2. The summed E-state index contributed by atoms with van der Waals surface area (Å²) < 4.78 is 36.5. The lowest BCUT2D eigenvalue weighted by atomic mass is 10.1. The molecule has 198 valence electrons. The first kappa shape index (κ1) is 24.7. The van der Waals surface area contributed by atoms with Crippen LogP contribution in [0.15, 0.2) is 42.7 Å². The minimum atomic E-state index is -0.706. The van der Waals surface area contributed by atoms with Crippen LogP contribution in [0.4, 0.5) is 14.9 Å². The third-order valence-electron chi connectivity index (χ3n) is 6.07. The van der Waals surface area contributed by atoms with Gasteiger partial charge in [0.1, 0.15) is 22.9 Å². The minimum Gasteiger partial charge on any atom is -0.484 e. The van der Waals surface area contributed by atoms with Crippen LogP contribution in [0.3, 0.4) is 0 Å². The Kier molecular flexibility index (Phi) is 6.31. The predicted molar refractivity (Wildman–Crippen MR) is 143 cm³/mol. The number of carbonyl (C=O) groups is 1. The molecule has 0 fully saturated rings. The minimum absolute atomic E-state index is 0.0393. The van der Waals surface area contributed by atoms with E-state index in [4.69, 9.17) is 23.9 Å². The van der Waals surface area contributed by atoms with E-state index in [0.717, 1.165) is 49.0 Å². The maximum atomic E-state index is 13.0. The molecule has 1 aliphatic rings. The number of aryl methyl sites for hydroxylation is 2. The molecule has 1 amide bonds. The zero-order valence-corrected chi connectivity index (χ0v) is 22.0. The van der Waals surface area contributed by atoms with Crippen molar-refractivity contribution in [3.05, 3.63) is 59.8 Å². The molecule has 6 rings (SSSR count). The average molecular weight is 548 g/mol. The fourth-order valence-electron chi connectivity index (χ4n) is 4.28. The van der Waals surface area contributed by atoms with Crippen LogP contribution in [-0.2, 0) is 4.74 Å². The highest BCUT2D eigenvalue weighted by Gasteiger charge is 2.27. The summed E-state index contributed by atoms with van der Waals surface area (Å²) in [6.07, 6.45) is 1.58. The van der Waals surface area contributed by atoms with E-state index in [1.807, 2.05) is 32.0 Å². The van der Waals surface area contributed by atoms with Gasteiger partial charge in [-0.2, -0.15) is 4.39 Å². The highest BCUT2D eigenvalue weighted by atomic mass is 32.1. The molecule has 2 aromatic carbocycles. The zero-order valence-electron chi connectivity index (χ0n) is 21.1. The number of methoxy groups -OCH3 is 1. The number of halogens is 1. The van der Waals surface area contributed by atoms with Crippen molar-refractivity contribution >= 4 is 44.4 Å². The number of fused-ring (bicyclic) bond motifs is 4.